The first-order valence-electron chi connectivity index (χ1n) is 8.91. The Morgan fingerprint density at radius 2 is 1.83 bits per heavy atom. The number of hydrogen-bond acceptors (Lipinski definition) is 3. The van der Waals surface area contributed by atoms with Gasteiger partial charge >= 0.3 is 0 Å². The van der Waals surface area contributed by atoms with Gasteiger partial charge in [0.25, 0.3) is 0 Å². The van der Waals surface area contributed by atoms with Gasteiger partial charge in [-0.15, -0.1) is 0 Å². The maximum absolute atomic E-state index is 12.6. The summed E-state index contributed by atoms with van der Waals surface area (Å²) in [6.07, 6.45) is 10.9. The zero-order valence-corrected chi connectivity index (χ0v) is 13.7. The lowest BCUT2D eigenvalue weighted by atomic mass is 10.1. The van der Waals surface area contributed by atoms with Crippen LogP contribution in [-0.2, 0) is 11.3 Å². The van der Waals surface area contributed by atoms with E-state index >= 15 is 0 Å². The highest BCUT2D eigenvalue weighted by Crippen LogP contribution is 2.48. The van der Waals surface area contributed by atoms with Crippen molar-refractivity contribution in [2.75, 3.05) is 26.2 Å². The highest BCUT2D eigenvalue weighted by atomic mass is 16.2. The van der Waals surface area contributed by atoms with Crippen molar-refractivity contribution < 1.29 is 4.79 Å². The van der Waals surface area contributed by atoms with E-state index in [0.29, 0.717) is 0 Å². The molecule has 1 amide bonds. The fraction of sp³-hybridized carbons (Fsp3) is 0.579. The van der Waals surface area contributed by atoms with Crippen molar-refractivity contribution in [1.82, 2.24) is 14.8 Å². The summed E-state index contributed by atoms with van der Waals surface area (Å²) in [5.41, 5.74) is 2.71. The third-order valence-electron chi connectivity index (χ3n) is 5.20. The number of piperazine rings is 1. The second kappa shape index (κ2) is 6.44. The molecule has 1 aromatic heterocycles. The molecule has 1 saturated heterocycles. The predicted molar refractivity (Wildman–Crippen MR) is 89.6 cm³/mol. The minimum absolute atomic E-state index is 0.250. The number of pyridine rings is 1. The van der Waals surface area contributed by atoms with E-state index in [1.807, 2.05) is 29.4 Å². The molecule has 3 aliphatic rings. The summed E-state index contributed by atoms with van der Waals surface area (Å²) in [4.78, 5) is 21.2. The zero-order chi connectivity index (χ0) is 15.6. The van der Waals surface area contributed by atoms with Gasteiger partial charge in [-0.1, -0.05) is 11.6 Å². The van der Waals surface area contributed by atoms with Crippen molar-refractivity contribution in [3.63, 3.8) is 0 Å². The van der Waals surface area contributed by atoms with Gasteiger partial charge in [0.1, 0.15) is 0 Å². The van der Waals surface area contributed by atoms with Gasteiger partial charge in [0.05, 0.1) is 0 Å². The molecule has 0 unspecified atom stereocenters. The first-order chi connectivity index (χ1) is 11.3. The summed E-state index contributed by atoms with van der Waals surface area (Å²) in [5, 5.41) is 0. The fourth-order valence-corrected chi connectivity index (χ4v) is 3.51. The number of rotatable bonds is 5. The average molecular weight is 311 g/mol. The summed E-state index contributed by atoms with van der Waals surface area (Å²) in [6, 6.07) is 4.10. The van der Waals surface area contributed by atoms with E-state index in [1.54, 1.807) is 0 Å². The molecule has 0 aromatic carbocycles. The number of amides is 1. The third kappa shape index (κ3) is 3.81. The molecule has 1 aliphatic heterocycles. The average Bonchev–Trinajstić information content (AvgIpc) is 3.48. The Morgan fingerprint density at radius 1 is 1.13 bits per heavy atom. The highest BCUT2D eigenvalue weighted by Gasteiger charge is 2.37. The normalized spacial score (nSPS) is 22.0. The third-order valence-corrected chi connectivity index (χ3v) is 5.20. The van der Waals surface area contributed by atoms with Gasteiger partial charge < -0.3 is 4.90 Å². The SMILES string of the molecule is O=C(C=C(C1CC1)C1CC1)N1CCN(Cc2cccnc2)CC1. The molecule has 23 heavy (non-hydrogen) atoms. The van der Waals surface area contributed by atoms with Crippen molar-refractivity contribution >= 4 is 5.91 Å². The van der Waals surface area contributed by atoms with Crippen LogP contribution < -0.4 is 0 Å². The smallest absolute Gasteiger partial charge is 0.246 e. The van der Waals surface area contributed by atoms with Gasteiger partial charge in [0.15, 0.2) is 0 Å². The number of allylic oxidation sites excluding steroid dienone is 1. The lowest BCUT2D eigenvalue weighted by Crippen LogP contribution is -2.47. The summed E-state index contributed by atoms with van der Waals surface area (Å²) >= 11 is 0. The summed E-state index contributed by atoms with van der Waals surface area (Å²) in [7, 11) is 0. The number of hydrogen-bond donors (Lipinski definition) is 0. The van der Waals surface area contributed by atoms with E-state index in [4.69, 9.17) is 0 Å². The first kappa shape index (κ1) is 14.9. The monoisotopic (exact) mass is 311 g/mol. The topological polar surface area (TPSA) is 36.4 Å². The standard InChI is InChI=1S/C19H25N3O/c23-19(12-18(16-3-4-16)17-5-6-17)22-10-8-21(9-11-22)14-15-2-1-7-20-13-15/h1-2,7,12-13,16-17H,3-6,8-11,14H2. The molecule has 0 spiro atoms. The van der Waals surface area contributed by atoms with E-state index in [-0.39, 0.29) is 5.91 Å². The zero-order valence-electron chi connectivity index (χ0n) is 13.7. The quantitative estimate of drug-likeness (QED) is 0.784. The highest BCUT2D eigenvalue weighted by molar-refractivity contribution is 5.88. The molecule has 2 aliphatic carbocycles. The molecule has 4 rings (SSSR count). The van der Waals surface area contributed by atoms with Gasteiger partial charge in [-0.3, -0.25) is 14.7 Å². The van der Waals surface area contributed by atoms with Crippen molar-refractivity contribution in [3.05, 3.63) is 41.7 Å². The summed E-state index contributed by atoms with van der Waals surface area (Å²) < 4.78 is 0. The molecular weight excluding hydrogens is 286 g/mol. The van der Waals surface area contributed by atoms with Gasteiger partial charge in [0, 0.05) is 51.2 Å². The maximum Gasteiger partial charge on any atom is 0.246 e. The van der Waals surface area contributed by atoms with Gasteiger partial charge in [0.2, 0.25) is 5.91 Å². The molecule has 122 valence electrons. The maximum atomic E-state index is 12.6. The van der Waals surface area contributed by atoms with Crippen molar-refractivity contribution in [1.29, 1.82) is 0 Å². The Balaban J connectivity index is 1.30. The number of nitrogens with zero attached hydrogens (tertiary/aromatic N) is 3. The first-order valence-corrected chi connectivity index (χ1v) is 8.91. The Bertz CT molecular complexity index is 568. The Morgan fingerprint density at radius 3 is 2.39 bits per heavy atom. The Hall–Kier alpha value is -1.68. The van der Waals surface area contributed by atoms with Crippen LogP contribution in [0.15, 0.2) is 36.2 Å². The van der Waals surface area contributed by atoms with Crippen LogP contribution in [0.2, 0.25) is 0 Å². The minimum Gasteiger partial charge on any atom is -0.337 e. The molecule has 3 fully saturated rings. The molecular formula is C19H25N3O. The molecule has 0 bridgehead atoms. The number of carbonyl (C=O) groups excluding carboxylic acids is 1. The number of carbonyl (C=O) groups is 1. The van der Waals surface area contributed by atoms with Crippen LogP contribution in [0.3, 0.4) is 0 Å². The fourth-order valence-electron chi connectivity index (χ4n) is 3.51. The molecule has 0 radical (unpaired) electrons. The lowest BCUT2D eigenvalue weighted by molar-refractivity contribution is -0.127. The minimum atomic E-state index is 0.250. The van der Waals surface area contributed by atoms with Crippen LogP contribution >= 0.6 is 0 Å². The van der Waals surface area contributed by atoms with Crippen molar-refractivity contribution in [2.24, 2.45) is 11.8 Å². The Labute approximate surface area is 138 Å². The Kier molecular flexibility index (Phi) is 4.17. The van der Waals surface area contributed by atoms with Crippen molar-refractivity contribution in [2.45, 2.75) is 32.2 Å². The van der Waals surface area contributed by atoms with E-state index in [2.05, 4.69) is 16.0 Å². The van der Waals surface area contributed by atoms with E-state index < -0.39 is 0 Å². The summed E-state index contributed by atoms with van der Waals surface area (Å²) in [6.45, 7) is 4.53. The molecule has 4 heteroatoms. The van der Waals surface area contributed by atoms with Gasteiger partial charge in [-0.05, 0) is 49.1 Å². The largest absolute Gasteiger partial charge is 0.337 e. The van der Waals surface area contributed by atoms with Gasteiger partial charge in [-0.2, -0.15) is 0 Å². The van der Waals surface area contributed by atoms with Crippen LogP contribution in [0, 0.1) is 11.8 Å². The van der Waals surface area contributed by atoms with Crippen LogP contribution in [0.5, 0.6) is 0 Å². The molecule has 0 atom stereocenters. The van der Waals surface area contributed by atoms with Crippen LogP contribution in [0.1, 0.15) is 31.2 Å². The van der Waals surface area contributed by atoms with Crippen LogP contribution in [-0.4, -0.2) is 46.9 Å². The molecule has 0 N–H and O–H groups in total. The molecule has 1 aromatic rings. The molecule has 2 heterocycles. The molecule has 4 nitrogen and oxygen atoms in total. The van der Waals surface area contributed by atoms with Crippen molar-refractivity contribution in [3.8, 4) is 0 Å². The predicted octanol–water partition coefficient (Wildman–Crippen LogP) is 2.47. The lowest BCUT2D eigenvalue weighted by Gasteiger charge is -2.34. The van der Waals surface area contributed by atoms with Crippen LogP contribution in [0.4, 0.5) is 0 Å². The van der Waals surface area contributed by atoms with Gasteiger partial charge in [-0.25, -0.2) is 0 Å². The second-order valence-electron chi connectivity index (χ2n) is 7.16. The summed E-state index contributed by atoms with van der Waals surface area (Å²) in [5.74, 6) is 1.72. The second-order valence-corrected chi connectivity index (χ2v) is 7.16. The van der Waals surface area contributed by atoms with E-state index in [1.165, 1.54) is 36.8 Å². The molecule has 2 saturated carbocycles. The van der Waals surface area contributed by atoms with E-state index in [0.717, 1.165) is 44.6 Å². The van der Waals surface area contributed by atoms with Crippen LogP contribution in [0.25, 0.3) is 0 Å². The van der Waals surface area contributed by atoms with E-state index in [9.17, 15) is 4.79 Å². The number of aromatic nitrogens is 1.